The number of methoxy groups -OCH3 is 1. The van der Waals surface area contributed by atoms with Gasteiger partial charge in [-0.1, -0.05) is 26.2 Å². The normalized spacial score (nSPS) is 10.6. The Morgan fingerprint density at radius 1 is 1.00 bits per heavy atom. The third kappa shape index (κ3) is 13.4. The lowest BCUT2D eigenvalue weighted by atomic mass is 10.2. The van der Waals surface area contributed by atoms with Crippen LogP contribution in [0.15, 0.2) is 0 Å². The fraction of sp³-hybridized carbons (Fsp3) is 0.923. The molecule has 0 saturated carbocycles. The molecule has 0 spiro atoms. The van der Waals surface area contributed by atoms with E-state index in [4.69, 9.17) is 14.2 Å². The van der Waals surface area contributed by atoms with Crippen molar-refractivity contribution in [1.82, 2.24) is 5.32 Å². The van der Waals surface area contributed by atoms with Crippen molar-refractivity contribution in [2.45, 2.75) is 32.6 Å². The number of carbonyl (C=O) groups is 1. The highest BCUT2D eigenvalue weighted by molar-refractivity contribution is 5.77. The minimum absolute atomic E-state index is 0.0524. The van der Waals surface area contributed by atoms with E-state index < -0.39 is 0 Å². The molecule has 0 aliphatic rings. The predicted octanol–water partition coefficient (Wildman–Crippen LogP) is 1.36. The van der Waals surface area contributed by atoms with E-state index >= 15 is 0 Å². The molecule has 0 aliphatic carbocycles. The van der Waals surface area contributed by atoms with Crippen LogP contribution < -0.4 is 5.32 Å². The lowest BCUT2D eigenvalue weighted by Gasteiger charge is -2.06. The summed E-state index contributed by atoms with van der Waals surface area (Å²) >= 11 is 0. The molecule has 1 N–H and O–H groups in total. The van der Waals surface area contributed by atoms with E-state index in [1.165, 1.54) is 19.3 Å². The zero-order valence-corrected chi connectivity index (χ0v) is 11.7. The first-order valence-corrected chi connectivity index (χ1v) is 6.72. The van der Waals surface area contributed by atoms with E-state index in [0.717, 1.165) is 13.0 Å². The predicted molar refractivity (Wildman–Crippen MR) is 70.7 cm³/mol. The molecule has 5 nitrogen and oxygen atoms in total. The first-order chi connectivity index (χ1) is 8.81. The van der Waals surface area contributed by atoms with Crippen LogP contribution in [0.5, 0.6) is 0 Å². The highest BCUT2D eigenvalue weighted by atomic mass is 16.5. The molecular weight excluding hydrogens is 234 g/mol. The van der Waals surface area contributed by atoms with Crippen LogP contribution in [-0.2, 0) is 19.0 Å². The summed E-state index contributed by atoms with van der Waals surface area (Å²) < 4.78 is 15.2. The Kier molecular flexibility index (Phi) is 13.9. The summed E-state index contributed by atoms with van der Waals surface area (Å²) in [5.41, 5.74) is 0. The molecule has 108 valence electrons. The molecule has 0 rings (SSSR count). The summed E-state index contributed by atoms with van der Waals surface area (Å²) in [6, 6.07) is 0. The summed E-state index contributed by atoms with van der Waals surface area (Å²) in [7, 11) is 1.63. The minimum atomic E-state index is -0.0524. The first-order valence-electron chi connectivity index (χ1n) is 6.72. The third-order valence-electron chi connectivity index (χ3n) is 2.39. The Balaban J connectivity index is 3.12. The summed E-state index contributed by atoms with van der Waals surface area (Å²) in [4.78, 5) is 11.3. The second-order valence-corrected chi connectivity index (χ2v) is 4.07. The van der Waals surface area contributed by atoms with Crippen LogP contribution in [0.2, 0.25) is 0 Å². The lowest BCUT2D eigenvalue weighted by Crippen LogP contribution is -2.29. The average Bonchev–Trinajstić information content (AvgIpc) is 2.37. The second-order valence-electron chi connectivity index (χ2n) is 4.07. The summed E-state index contributed by atoms with van der Waals surface area (Å²) in [5.74, 6) is -0.0524. The van der Waals surface area contributed by atoms with Crippen molar-refractivity contribution in [2.75, 3.05) is 46.7 Å². The van der Waals surface area contributed by atoms with Gasteiger partial charge in [0.05, 0.1) is 26.4 Å². The van der Waals surface area contributed by atoms with E-state index in [2.05, 4.69) is 12.2 Å². The molecule has 0 radical (unpaired) electrons. The third-order valence-corrected chi connectivity index (χ3v) is 2.39. The van der Waals surface area contributed by atoms with E-state index in [1.54, 1.807) is 7.11 Å². The standard InChI is InChI=1S/C13H27NO4/c1-3-4-5-6-7-14-13(15)12-18-11-10-17-9-8-16-2/h3-12H2,1-2H3,(H,14,15). The van der Waals surface area contributed by atoms with Crippen LogP contribution in [0.3, 0.4) is 0 Å². The SMILES string of the molecule is CCCCCCNC(=O)COCCOCCOC. The van der Waals surface area contributed by atoms with Crippen molar-refractivity contribution >= 4 is 5.91 Å². The Labute approximate surface area is 110 Å². The van der Waals surface area contributed by atoms with Gasteiger partial charge in [-0.15, -0.1) is 0 Å². The maximum absolute atomic E-state index is 11.3. The van der Waals surface area contributed by atoms with Gasteiger partial charge in [0.1, 0.15) is 6.61 Å². The van der Waals surface area contributed by atoms with Crippen LogP contribution in [0.4, 0.5) is 0 Å². The smallest absolute Gasteiger partial charge is 0.245 e. The number of unbranched alkanes of at least 4 members (excludes halogenated alkanes) is 3. The van der Waals surface area contributed by atoms with Gasteiger partial charge in [-0.3, -0.25) is 4.79 Å². The van der Waals surface area contributed by atoms with Gasteiger partial charge in [0.25, 0.3) is 0 Å². The topological polar surface area (TPSA) is 56.8 Å². The molecule has 0 heterocycles. The number of hydrogen-bond acceptors (Lipinski definition) is 4. The number of carbonyl (C=O) groups excluding carboxylic acids is 1. The van der Waals surface area contributed by atoms with Gasteiger partial charge in [0.15, 0.2) is 0 Å². The van der Waals surface area contributed by atoms with Gasteiger partial charge in [-0.2, -0.15) is 0 Å². The number of nitrogens with one attached hydrogen (secondary N) is 1. The van der Waals surface area contributed by atoms with Gasteiger partial charge in [0.2, 0.25) is 5.91 Å². The molecule has 0 aromatic carbocycles. The number of rotatable bonds is 13. The van der Waals surface area contributed by atoms with E-state index in [-0.39, 0.29) is 12.5 Å². The van der Waals surface area contributed by atoms with Gasteiger partial charge >= 0.3 is 0 Å². The monoisotopic (exact) mass is 261 g/mol. The van der Waals surface area contributed by atoms with Crippen LogP contribution in [0.25, 0.3) is 0 Å². The average molecular weight is 261 g/mol. The highest BCUT2D eigenvalue weighted by Crippen LogP contribution is 1.96. The van der Waals surface area contributed by atoms with Crippen LogP contribution in [-0.4, -0.2) is 52.6 Å². The maximum Gasteiger partial charge on any atom is 0.245 e. The Morgan fingerprint density at radius 2 is 1.72 bits per heavy atom. The Morgan fingerprint density at radius 3 is 2.44 bits per heavy atom. The van der Waals surface area contributed by atoms with Crippen LogP contribution in [0.1, 0.15) is 32.6 Å². The highest BCUT2D eigenvalue weighted by Gasteiger charge is 2.00. The molecule has 0 saturated heterocycles. The van der Waals surface area contributed by atoms with Gasteiger partial charge < -0.3 is 19.5 Å². The second kappa shape index (κ2) is 14.4. The van der Waals surface area contributed by atoms with Gasteiger partial charge in [0, 0.05) is 13.7 Å². The lowest BCUT2D eigenvalue weighted by molar-refractivity contribution is -0.126. The minimum Gasteiger partial charge on any atom is -0.382 e. The van der Waals surface area contributed by atoms with E-state index in [1.807, 2.05) is 0 Å². The van der Waals surface area contributed by atoms with Crippen LogP contribution in [0, 0.1) is 0 Å². The van der Waals surface area contributed by atoms with Crippen molar-refractivity contribution < 1.29 is 19.0 Å². The molecule has 1 amide bonds. The zero-order valence-electron chi connectivity index (χ0n) is 11.7. The molecule has 0 aromatic heterocycles. The number of amides is 1. The Hall–Kier alpha value is -0.650. The quantitative estimate of drug-likeness (QED) is 0.509. The summed E-state index contributed by atoms with van der Waals surface area (Å²) in [6.45, 7) is 5.09. The molecule has 0 aliphatic heterocycles. The zero-order chi connectivity index (χ0) is 13.5. The van der Waals surface area contributed by atoms with Crippen molar-refractivity contribution in [3.63, 3.8) is 0 Å². The molecular formula is C13H27NO4. The van der Waals surface area contributed by atoms with Crippen molar-refractivity contribution in [3.05, 3.63) is 0 Å². The van der Waals surface area contributed by atoms with Crippen molar-refractivity contribution in [3.8, 4) is 0 Å². The molecule has 0 fully saturated rings. The fourth-order valence-corrected chi connectivity index (χ4v) is 1.36. The molecule has 0 unspecified atom stereocenters. The van der Waals surface area contributed by atoms with Crippen LogP contribution >= 0.6 is 0 Å². The van der Waals surface area contributed by atoms with E-state index in [9.17, 15) is 4.79 Å². The van der Waals surface area contributed by atoms with Crippen molar-refractivity contribution in [1.29, 1.82) is 0 Å². The Bertz CT molecular complexity index is 188. The summed E-state index contributed by atoms with van der Waals surface area (Å²) in [5, 5.41) is 2.83. The number of ether oxygens (including phenoxy) is 3. The van der Waals surface area contributed by atoms with E-state index in [0.29, 0.717) is 26.4 Å². The summed E-state index contributed by atoms with van der Waals surface area (Å²) in [6.07, 6.45) is 4.65. The molecule has 18 heavy (non-hydrogen) atoms. The van der Waals surface area contributed by atoms with Gasteiger partial charge in [-0.25, -0.2) is 0 Å². The molecule has 0 atom stereocenters. The number of hydrogen-bond donors (Lipinski definition) is 1. The molecule has 0 bridgehead atoms. The maximum atomic E-state index is 11.3. The van der Waals surface area contributed by atoms with Gasteiger partial charge in [-0.05, 0) is 6.42 Å². The molecule has 5 heteroatoms. The van der Waals surface area contributed by atoms with Crippen molar-refractivity contribution in [2.24, 2.45) is 0 Å². The largest absolute Gasteiger partial charge is 0.382 e. The fourth-order valence-electron chi connectivity index (χ4n) is 1.36. The molecule has 0 aromatic rings. The first kappa shape index (κ1) is 17.4.